The minimum Gasteiger partial charge on any atom is -0.308 e. The molecule has 0 atom stereocenters. The molecule has 0 radical (unpaired) electrons. The molecule has 6 heteroatoms. The number of nitrogens with zero attached hydrogens (tertiary/aromatic N) is 5. The van der Waals surface area contributed by atoms with Crippen molar-refractivity contribution < 1.29 is 0 Å². The molecule has 4 heterocycles. The van der Waals surface area contributed by atoms with Crippen LogP contribution in [0.25, 0.3) is 131 Å². The Balaban J connectivity index is 1.06. The van der Waals surface area contributed by atoms with E-state index in [2.05, 4.69) is 221 Å². The summed E-state index contributed by atoms with van der Waals surface area (Å²) >= 11 is 1.86. The van der Waals surface area contributed by atoms with Crippen LogP contribution in [0.4, 0.5) is 0 Å². The summed E-state index contributed by atoms with van der Waals surface area (Å²) in [5, 5.41) is 9.65. The van der Waals surface area contributed by atoms with Gasteiger partial charge in [-0.25, -0.2) is 4.98 Å². The number of thiophene rings is 1. The standard InChI is InChI=1S/C61H37N5S/c1-3-15-38(16-4-1)41-21-13-23-44(35-41)59-62-60(45-24-14-22-42(36-45)39-17-5-2-6-18-39)64-61(63-59)66-54-28-12-10-26-48(54)50-32-34-52-51-33-31-49-47-25-9-11-27-53(47)65(55(49)57(51)67-58(52)56(50)66)46-30-29-40-19-7-8-20-43(40)37-46/h1-37H. The van der Waals surface area contributed by atoms with E-state index in [1.54, 1.807) is 0 Å². The van der Waals surface area contributed by atoms with E-state index in [-0.39, 0.29) is 0 Å². The van der Waals surface area contributed by atoms with E-state index in [0.717, 1.165) is 60.9 Å². The molecule has 0 N–H and O–H groups in total. The van der Waals surface area contributed by atoms with Gasteiger partial charge in [0.25, 0.3) is 0 Å². The summed E-state index contributed by atoms with van der Waals surface area (Å²) in [7, 11) is 0. The fraction of sp³-hybridized carbons (Fsp3) is 0. The number of hydrogen-bond donors (Lipinski definition) is 0. The first kappa shape index (κ1) is 37.6. The van der Waals surface area contributed by atoms with Crippen LogP contribution in [0.3, 0.4) is 0 Å². The summed E-state index contributed by atoms with van der Waals surface area (Å²) < 4.78 is 7.19. The third-order valence-corrected chi connectivity index (χ3v) is 14.6. The Morgan fingerprint density at radius 3 is 1.36 bits per heavy atom. The Bertz CT molecular complexity index is 4180. The van der Waals surface area contributed by atoms with Crippen LogP contribution in [0.2, 0.25) is 0 Å². The average Bonchev–Trinajstić information content (AvgIpc) is 4.07. The Kier molecular flexibility index (Phi) is 8.38. The molecule has 0 amide bonds. The molecule has 4 aromatic heterocycles. The van der Waals surface area contributed by atoms with E-state index in [9.17, 15) is 0 Å². The fourth-order valence-corrected chi connectivity index (χ4v) is 11.6. The Labute approximate surface area is 389 Å². The molecule has 0 spiro atoms. The van der Waals surface area contributed by atoms with Crippen LogP contribution in [0.15, 0.2) is 224 Å². The molecule has 0 bridgehead atoms. The van der Waals surface area contributed by atoms with E-state index in [1.165, 1.54) is 52.8 Å². The average molecular weight is 872 g/mol. The molecule has 0 aliphatic rings. The van der Waals surface area contributed by atoms with Gasteiger partial charge in [0.2, 0.25) is 5.95 Å². The normalized spacial score (nSPS) is 11.9. The van der Waals surface area contributed by atoms with Crippen LogP contribution >= 0.6 is 11.3 Å². The van der Waals surface area contributed by atoms with Gasteiger partial charge in [0.05, 0.1) is 31.5 Å². The topological polar surface area (TPSA) is 48.5 Å². The zero-order valence-electron chi connectivity index (χ0n) is 36.0. The maximum atomic E-state index is 5.45. The monoisotopic (exact) mass is 871 g/mol. The Hall–Kier alpha value is -8.71. The number of fused-ring (bicyclic) bond motifs is 12. The second-order valence-electron chi connectivity index (χ2n) is 17.2. The highest BCUT2D eigenvalue weighted by Gasteiger charge is 2.24. The highest BCUT2D eigenvalue weighted by atomic mass is 32.1. The summed E-state index contributed by atoms with van der Waals surface area (Å²) in [6, 6.07) is 80.2. The number of rotatable bonds is 6. The third-order valence-electron chi connectivity index (χ3n) is 13.3. The lowest BCUT2D eigenvalue weighted by Crippen LogP contribution is -2.06. The highest BCUT2D eigenvalue weighted by Crippen LogP contribution is 2.47. The zero-order valence-corrected chi connectivity index (χ0v) is 36.8. The first-order chi connectivity index (χ1) is 33.2. The minimum absolute atomic E-state index is 0.571. The van der Waals surface area contributed by atoms with Crippen molar-refractivity contribution in [1.29, 1.82) is 0 Å². The summed E-state index contributed by atoms with van der Waals surface area (Å²) in [5.41, 5.74) is 12.0. The maximum absolute atomic E-state index is 5.45. The van der Waals surface area contributed by atoms with Crippen LogP contribution in [-0.2, 0) is 0 Å². The van der Waals surface area contributed by atoms with Crippen LogP contribution in [0, 0.1) is 0 Å². The van der Waals surface area contributed by atoms with Gasteiger partial charge in [-0.05, 0) is 69.4 Å². The fourth-order valence-electron chi connectivity index (χ4n) is 10.2. The summed E-state index contributed by atoms with van der Waals surface area (Å²) in [6.07, 6.45) is 0. The van der Waals surface area contributed by atoms with Crippen molar-refractivity contribution in [1.82, 2.24) is 24.1 Å². The van der Waals surface area contributed by atoms with E-state index in [0.29, 0.717) is 17.6 Å². The van der Waals surface area contributed by atoms with Crippen molar-refractivity contribution in [3.63, 3.8) is 0 Å². The number of benzene rings is 10. The molecule has 5 nitrogen and oxygen atoms in total. The number of aromatic nitrogens is 5. The van der Waals surface area contributed by atoms with Gasteiger partial charge in [0, 0.05) is 49.1 Å². The molecule has 0 aliphatic heterocycles. The lowest BCUT2D eigenvalue weighted by atomic mass is 10.0. The Morgan fingerprint density at radius 1 is 0.299 bits per heavy atom. The highest BCUT2D eigenvalue weighted by molar-refractivity contribution is 7.27. The SMILES string of the molecule is c1ccc(-c2cccc(-c3nc(-c4cccc(-c5ccccc5)c4)nc(-n4c5ccccc5c5ccc6c7ccc8c9ccccc9n(-c9ccc%10ccccc%10c9)c8c7sc6c54)n3)c2)cc1. The lowest BCUT2D eigenvalue weighted by Gasteiger charge is -2.12. The first-order valence-corrected chi connectivity index (χ1v) is 23.4. The van der Waals surface area contributed by atoms with E-state index in [4.69, 9.17) is 15.0 Å². The zero-order chi connectivity index (χ0) is 44.0. The van der Waals surface area contributed by atoms with Gasteiger partial charge >= 0.3 is 0 Å². The molecule has 0 aliphatic carbocycles. The smallest absolute Gasteiger partial charge is 0.238 e. The molecule has 14 aromatic rings. The minimum atomic E-state index is 0.571. The predicted molar refractivity (Wildman–Crippen MR) is 281 cm³/mol. The molecule has 67 heavy (non-hydrogen) atoms. The van der Waals surface area contributed by atoms with Crippen molar-refractivity contribution in [3.8, 4) is 56.7 Å². The van der Waals surface area contributed by atoms with Gasteiger partial charge < -0.3 is 4.57 Å². The van der Waals surface area contributed by atoms with E-state index >= 15 is 0 Å². The molecule has 0 fully saturated rings. The van der Waals surface area contributed by atoms with E-state index < -0.39 is 0 Å². The van der Waals surface area contributed by atoms with Crippen LogP contribution in [0.5, 0.6) is 0 Å². The largest absolute Gasteiger partial charge is 0.308 e. The van der Waals surface area contributed by atoms with Gasteiger partial charge in [-0.1, -0.05) is 188 Å². The summed E-state index contributed by atoms with van der Waals surface area (Å²) in [5.74, 6) is 1.79. The van der Waals surface area contributed by atoms with Gasteiger partial charge in [-0.3, -0.25) is 4.57 Å². The number of para-hydroxylation sites is 2. The number of hydrogen-bond acceptors (Lipinski definition) is 4. The second kappa shape index (κ2) is 14.9. The molecular formula is C61H37N5S. The summed E-state index contributed by atoms with van der Waals surface area (Å²) in [4.78, 5) is 16.2. The van der Waals surface area contributed by atoms with Crippen molar-refractivity contribution >= 4 is 85.9 Å². The molecular weight excluding hydrogens is 835 g/mol. The molecule has 312 valence electrons. The van der Waals surface area contributed by atoms with Crippen molar-refractivity contribution in [3.05, 3.63) is 224 Å². The van der Waals surface area contributed by atoms with Crippen molar-refractivity contribution in [2.75, 3.05) is 0 Å². The van der Waals surface area contributed by atoms with Crippen LogP contribution < -0.4 is 0 Å². The first-order valence-electron chi connectivity index (χ1n) is 22.6. The van der Waals surface area contributed by atoms with Crippen LogP contribution in [-0.4, -0.2) is 24.1 Å². The molecule has 0 saturated carbocycles. The Morgan fingerprint density at radius 2 is 0.761 bits per heavy atom. The molecule has 10 aromatic carbocycles. The van der Waals surface area contributed by atoms with Gasteiger partial charge in [-0.15, -0.1) is 11.3 Å². The van der Waals surface area contributed by atoms with Crippen molar-refractivity contribution in [2.45, 2.75) is 0 Å². The second-order valence-corrected chi connectivity index (χ2v) is 18.2. The maximum Gasteiger partial charge on any atom is 0.238 e. The lowest BCUT2D eigenvalue weighted by molar-refractivity contribution is 0.955. The van der Waals surface area contributed by atoms with Crippen molar-refractivity contribution in [2.24, 2.45) is 0 Å². The summed E-state index contributed by atoms with van der Waals surface area (Å²) in [6.45, 7) is 0. The van der Waals surface area contributed by atoms with Gasteiger partial charge in [0.15, 0.2) is 11.6 Å². The third kappa shape index (κ3) is 5.97. The molecule has 0 saturated heterocycles. The van der Waals surface area contributed by atoms with Gasteiger partial charge in [0.1, 0.15) is 0 Å². The van der Waals surface area contributed by atoms with E-state index in [1.807, 2.05) is 23.5 Å². The molecule has 14 rings (SSSR count). The quantitative estimate of drug-likeness (QED) is 0.167. The predicted octanol–water partition coefficient (Wildman–Crippen LogP) is 16.3. The van der Waals surface area contributed by atoms with Crippen LogP contribution in [0.1, 0.15) is 0 Å². The molecule has 0 unspecified atom stereocenters. The van der Waals surface area contributed by atoms with Gasteiger partial charge in [-0.2, -0.15) is 9.97 Å².